The zero-order chi connectivity index (χ0) is 11.4. The second-order valence-electron chi connectivity index (χ2n) is 4.60. The Morgan fingerprint density at radius 2 is 1.67 bits per heavy atom. The van der Waals surface area contributed by atoms with Gasteiger partial charge >= 0.3 is 0 Å². The predicted octanol–water partition coefficient (Wildman–Crippen LogP) is 3.61. The molecule has 0 fully saturated rings. The van der Waals surface area contributed by atoms with Crippen LogP contribution in [0.2, 0.25) is 0 Å². The lowest BCUT2D eigenvalue weighted by Gasteiger charge is -2.24. The quantitative estimate of drug-likeness (QED) is 0.888. The number of hydrogen-bond donors (Lipinski definition) is 1. The first-order valence-electron chi connectivity index (χ1n) is 5.50. The Morgan fingerprint density at radius 3 is 2.07 bits per heavy atom. The summed E-state index contributed by atoms with van der Waals surface area (Å²) in [6.45, 7) is 6.59. The molecule has 0 heterocycles. The van der Waals surface area contributed by atoms with Crippen molar-refractivity contribution < 1.29 is 0 Å². The van der Waals surface area contributed by atoms with E-state index in [0.717, 1.165) is 10.9 Å². The molecular weight excluding hydrogens is 250 g/mol. The van der Waals surface area contributed by atoms with Crippen molar-refractivity contribution in [2.45, 2.75) is 33.2 Å². The summed E-state index contributed by atoms with van der Waals surface area (Å²) in [6, 6.07) is 8.78. The fourth-order valence-electron chi connectivity index (χ4n) is 1.92. The average molecular weight is 270 g/mol. The van der Waals surface area contributed by atoms with E-state index >= 15 is 0 Å². The SMILES string of the molecule is CC(C)C(Cc1ccc(Br)cc1)C(C)N. The molecule has 0 saturated heterocycles. The molecule has 2 N–H and O–H groups in total. The van der Waals surface area contributed by atoms with Gasteiger partial charge in [-0.15, -0.1) is 0 Å². The van der Waals surface area contributed by atoms with Crippen molar-refractivity contribution in [1.29, 1.82) is 0 Å². The lowest BCUT2D eigenvalue weighted by Crippen LogP contribution is -2.32. The summed E-state index contributed by atoms with van der Waals surface area (Å²) in [7, 11) is 0. The van der Waals surface area contributed by atoms with E-state index in [4.69, 9.17) is 5.73 Å². The molecule has 0 aromatic heterocycles. The van der Waals surface area contributed by atoms with Gasteiger partial charge in [0.1, 0.15) is 0 Å². The third-order valence-corrected chi connectivity index (χ3v) is 3.44. The zero-order valence-corrected chi connectivity index (χ0v) is 11.3. The Morgan fingerprint density at radius 1 is 1.13 bits per heavy atom. The third kappa shape index (κ3) is 3.96. The molecule has 1 aromatic carbocycles. The maximum Gasteiger partial charge on any atom is 0.0175 e. The first kappa shape index (κ1) is 12.7. The van der Waals surface area contributed by atoms with Gasteiger partial charge in [0.05, 0.1) is 0 Å². The molecule has 2 heteroatoms. The first-order valence-corrected chi connectivity index (χ1v) is 6.30. The zero-order valence-electron chi connectivity index (χ0n) is 9.70. The molecule has 15 heavy (non-hydrogen) atoms. The van der Waals surface area contributed by atoms with E-state index in [1.165, 1.54) is 5.56 Å². The van der Waals surface area contributed by atoms with Gasteiger partial charge in [-0.3, -0.25) is 0 Å². The molecule has 0 aliphatic carbocycles. The van der Waals surface area contributed by atoms with E-state index < -0.39 is 0 Å². The van der Waals surface area contributed by atoms with Crippen LogP contribution in [0.4, 0.5) is 0 Å². The highest BCUT2D eigenvalue weighted by Gasteiger charge is 2.17. The molecule has 1 aromatic rings. The molecule has 2 unspecified atom stereocenters. The fraction of sp³-hybridized carbons (Fsp3) is 0.538. The van der Waals surface area contributed by atoms with Crippen molar-refractivity contribution in [2.75, 3.05) is 0 Å². The minimum absolute atomic E-state index is 0.258. The van der Waals surface area contributed by atoms with E-state index in [0.29, 0.717) is 11.8 Å². The van der Waals surface area contributed by atoms with E-state index in [1.54, 1.807) is 0 Å². The van der Waals surface area contributed by atoms with Crippen LogP contribution in [0.3, 0.4) is 0 Å². The number of rotatable bonds is 4. The van der Waals surface area contributed by atoms with Gasteiger partial charge < -0.3 is 5.73 Å². The Hall–Kier alpha value is -0.340. The Bertz CT molecular complexity index is 282. The molecule has 2 atom stereocenters. The second kappa shape index (κ2) is 5.66. The number of hydrogen-bond acceptors (Lipinski definition) is 1. The van der Waals surface area contributed by atoms with Crippen LogP contribution in [-0.2, 0) is 6.42 Å². The van der Waals surface area contributed by atoms with Gasteiger partial charge in [-0.05, 0) is 42.9 Å². The van der Waals surface area contributed by atoms with Gasteiger partial charge in [-0.25, -0.2) is 0 Å². The topological polar surface area (TPSA) is 26.0 Å². The lowest BCUT2D eigenvalue weighted by molar-refractivity contribution is 0.330. The molecule has 0 radical (unpaired) electrons. The highest BCUT2D eigenvalue weighted by Crippen LogP contribution is 2.21. The molecule has 0 aliphatic rings. The molecule has 1 nitrogen and oxygen atoms in total. The van der Waals surface area contributed by atoms with Crippen LogP contribution in [0, 0.1) is 11.8 Å². The van der Waals surface area contributed by atoms with E-state index in [1.807, 2.05) is 0 Å². The molecular formula is C13H20BrN. The molecule has 0 bridgehead atoms. The average Bonchev–Trinajstić information content (AvgIpc) is 2.15. The third-order valence-electron chi connectivity index (χ3n) is 2.92. The molecule has 84 valence electrons. The largest absolute Gasteiger partial charge is 0.328 e. The fourth-order valence-corrected chi connectivity index (χ4v) is 2.19. The number of nitrogens with two attached hydrogens (primary N) is 1. The van der Waals surface area contributed by atoms with Crippen molar-refractivity contribution >= 4 is 15.9 Å². The Labute approximate surface area is 101 Å². The summed E-state index contributed by atoms with van der Waals surface area (Å²) in [6.07, 6.45) is 1.07. The van der Waals surface area contributed by atoms with Crippen LogP contribution in [0.25, 0.3) is 0 Å². The summed E-state index contributed by atoms with van der Waals surface area (Å²) in [5.74, 6) is 1.19. The smallest absolute Gasteiger partial charge is 0.0175 e. The summed E-state index contributed by atoms with van der Waals surface area (Å²) < 4.78 is 1.13. The van der Waals surface area contributed by atoms with Crippen molar-refractivity contribution in [3.05, 3.63) is 34.3 Å². The minimum Gasteiger partial charge on any atom is -0.328 e. The van der Waals surface area contributed by atoms with Crippen molar-refractivity contribution in [3.63, 3.8) is 0 Å². The predicted molar refractivity (Wildman–Crippen MR) is 69.8 cm³/mol. The minimum atomic E-state index is 0.258. The summed E-state index contributed by atoms with van der Waals surface area (Å²) in [5.41, 5.74) is 7.38. The first-order chi connectivity index (χ1) is 7.00. The molecule has 0 amide bonds. The van der Waals surface area contributed by atoms with Crippen LogP contribution in [0.1, 0.15) is 26.3 Å². The molecule has 0 aliphatic heterocycles. The highest BCUT2D eigenvalue weighted by molar-refractivity contribution is 9.10. The Kier molecular flexibility index (Phi) is 4.81. The monoisotopic (exact) mass is 269 g/mol. The maximum atomic E-state index is 6.01. The lowest BCUT2D eigenvalue weighted by atomic mass is 9.84. The number of halogens is 1. The maximum absolute atomic E-state index is 6.01. The van der Waals surface area contributed by atoms with Gasteiger partial charge in [0.15, 0.2) is 0 Å². The highest BCUT2D eigenvalue weighted by atomic mass is 79.9. The van der Waals surface area contributed by atoms with Gasteiger partial charge in [0.25, 0.3) is 0 Å². The van der Waals surface area contributed by atoms with Gasteiger partial charge in [0, 0.05) is 10.5 Å². The summed E-state index contributed by atoms with van der Waals surface area (Å²) in [4.78, 5) is 0. The van der Waals surface area contributed by atoms with Gasteiger partial charge in [-0.1, -0.05) is 41.9 Å². The summed E-state index contributed by atoms with van der Waals surface area (Å²) >= 11 is 3.44. The molecule has 1 rings (SSSR count). The van der Waals surface area contributed by atoms with E-state index in [9.17, 15) is 0 Å². The van der Waals surface area contributed by atoms with Crippen LogP contribution in [0.15, 0.2) is 28.7 Å². The standard InChI is InChI=1S/C13H20BrN/c1-9(2)13(10(3)15)8-11-4-6-12(14)7-5-11/h4-7,9-10,13H,8,15H2,1-3H3. The second-order valence-corrected chi connectivity index (χ2v) is 5.51. The van der Waals surface area contributed by atoms with Crippen LogP contribution in [0.5, 0.6) is 0 Å². The van der Waals surface area contributed by atoms with E-state index in [-0.39, 0.29) is 6.04 Å². The van der Waals surface area contributed by atoms with Gasteiger partial charge in [0.2, 0.25) is 0 Å². The normalized spacial score (nSPS) is 15.3. The summed E-state index contributed by atoms with van der Waals surface area (Å²) in [5, 5.41) is 0. The molecule has 0 saturated carbocycles. The van der Waals surface area contributed by atoms with Crippen LogP contribution < -0.4 is 5.73 Å². The van der Waals surface area contributed by atoms with Gasteiger partial charge in [-0.2, -0.15) is 0 Å². The van der Waals surface area contributed by atoms with Crippen molar-refractivity contribution in [1.82, 2.24) is 0 Å². The molecule has 0 spiro atoms. The van der Waals surface area contributed by atoms with E-state index in [2.05, 4.69) is 61.0 Å². The van der Waals surface area contributed by atoms with Crippen molar-refractivity contribution in [2.24, 2.45) is 17.6 Å². The number of benzene rings is 1. The Balaban J connectivity index is 2.70. The van der Waals surface area contributed by atoms with Crippen LogP contribution in [-0.4, -0.2) is 6.04 Å². The van der Waals surface area contributed by atoms with Crippen molar-refractivity contribution in [3.8, 4) is 0 Å². The van der Waals surface area contributed by atoms with Crippen LogP contribution >= 0.6 is 15.9 Å².